The highest BCUT2D eigenvalue weighted by atomic mass is 35.5. The number of amides is 2. The van der Waals surface area contributed by atoms with Crippen LogP contribution in [0.1, 0.15) is 38.3 Å². The Balaban J connectivity index is 1.99. The molecule has 1 aromatic rings. The molecular weight excluding hydrogens is 323 g/mol. The predicted molar refractivity (Wildman–Crippen MR) is 89.6 cm³/mol. The second kappa shape index (κ2) is 7.53. The quantitative estimate of drug-likeness (QED) is 0.886. The van der Waals surface area contributed by atoms with E-state index in [1.807, 2.05) is 19.9 Å². The molecule has 0 unspecified atom stereocenters. The molecule has 1 saturated heterocycles. The number of carbonyl (C=O) groups excluding carboxylic acids is 1. The van der Waals surface area contributed by atoms with E-state index in [0.29, 0.717) is 10.0 Å². The van der Waals surface area contributed by atoms with Gasteiger partial charge >= 0.3 is 6.03 Å². The van der Waals surface area contributed by atoms with Gasteiger partial charge in [-0.15, -0.1) is 0 Å². The van der Waals surface area contributed by atoms with E-state index in [-0.39, 0.29) is 24.2 Å². The van der Waals surface area contributed by atoms with E-state index >= 15 is 0 Å². The Kier molecular flexibility index (Phi) is 5.95. The summed E-state index contributed by atoms with van der Waals surface area (Å²) in [5.41, 5.74) is 0.869. The van der Waals surface area contributed by atoms with Gasteiger partial charge in [0.15, 0.2) is 0 Å². The van der Waals surface area contributed by atoms with Crippen molar-refractivity contribution < 1.29 is 9.53 Å². The highest BCUT2D eigenvalue weighted by Gasteiger charge is 2.26. The largest absolute Gasteiger partial charge is 0.376 e. The monoisotopic (exact) mass is 344 g/mol. The molecule has 1 heterocycles. The summed E-state index contributed by atoms with van der Waals surface area (Å²) in [7, 11) is 1.76. The summed E-state index contributed by atoms with van der Waals surface area (Å²) < 4.78 is 5.60. The Morgan fingerprint density at radius 2 is 2.14 bits per heavy atom. The number of carbonyl (C=O) groups is 1. The van der Waals surface area contributed by atoms with Gasteiger partial charge in [-0.2, -0.15) is 0 Å². The van der Waals surface area contributed by atoms with Gasteiger partial charge in [0.1, 0.15) is 0 Å². The molecule has 1 aliphatic rings. The van der Waals surface area contributed by atoms with Crippen molar-refractivity contribution in [3.8, 4) is 0 Å². The lowest BCUT2D eigenvalue weighted by Gasteiger charge is -2.29. The molecule has 0 saturated carbocycles. The summed E-state index contributed by atoms with van der Waals surface area (Å²) in [6.45, 7) is 4.69. The highest BCUT2D eigenvalue weighted by Crippen LogP contribution is 2.29. The van der Waals surface area contributed by atoms with Crippen molar-refractivity contribution in [2.24, 2.45) is 0 Å². The Morgan fingerprint density at radius 3 is 2.73 bits per heavy atom. The molecule has 1 N–H and O–H groups in total. The van der Waals surface area contributed by atoms with E-state index < -0.39 is 0 Å². The number of nitrogens with zero attached hydrogens (tertiary/aromatic N) is 1. The maximum atomic E-state index is 12.4. The van der Waals surface area contributed by atoms with Crippen LogP contribution in [0.4, 0.5) is 4.79 Å². The number of ether oxygens (including phenoxy) is 1. The molecule has 1 aromatic carbocycles. The first-order chi connectivity index (χ1) is 10.4. The third-order valence-corrected chi connectivity index (χ3v) is 4.75. The summed E-state index contributed by atoms with van der Waals surface area (Å²) in [6, 6.07) is 5.02. The first kappa shape index (κ1) is 17.4. The van der Waals surface area contributed by atoms with E-state index in [1.54, 1.807) is 24.1 Å². The number of hydrogen-bond donors (Lipinski definition) is 1. The fraction of sp³-hybridized carbons (Fsp3) is 0.562. The molecule has 122 valence electrons. The van der Waals surface area contributed by atoms with E-state index in [4.69, 9.17) is 27.9 Å². The molecule has 1 fully saturated rings. The van der Waals surface area contributed by atoms with Crippen molar-refractivity contribution in [2.75, 3.05) is 13.7 Å². The first-order valence-electron chi connectivity index (χ1n) is 7.50. The zero-order valence-corrected chi connectivity index (χ0v) is 14.6. The minimum absolute atomic E-state index is 0.00894. The molecule has 0 bridgehead atoms. The van der Waals surface area contributed by atoms with Crippen LogP contribution >= 0.6 is 23.2 Å². The smallest absolute Gasteiger partial charge is 0.317 e. The lowest BCUT2D eigenvalue weighted by molar-refractivity contribution is 0.0830. The second-order valence-corrected chi connectivity index (χ2v) is 6.59. The normalized spacial score (nSPS) is 20.5. The van der Waals surface area contributed by atoms with Crippen LogP contribution in [0, 0.1) is 0 Å². The molecule has 0 aromatic heterocycles. The molecule has 4 nitrogen and oxygen atoms in total. The Morgan fingerprint density at radius 1 is 1.41 bits per heavy atom. The van der Waals surface area contributed by atoms with Crippen molar-refractivity contribution in [1.29, 1.82) is 0 Å². The summed E-state index contributed by atoms with van der Waals surface area (Å²) in [5.74, 6) is 0. The van der Waals surface area contributed by atoms with Gasteiger partial charge in [0.2, 0.25) is 0 Å². The van der Waals surface area contributed by atoms with Gasteiger partial charge in [-0.25, -0.2) is 4.79 Å². The van der Waals surface area contributed by atoms with Gasteiger partial charge in [0.25, 0.3) is 0 Å². The molecule has 0 spiro atoms. The Labute approximate surface area is 141 Å². The van der Waals surface area contributed by atoms with Crippen molar-refractivity contribution >= 4 is 29.2 Å². The molecule has 6 heteroatoms. The van der Waals surface area contributed by atoms with Crippen LogP contribution in [-0.2, 0) is 4.74 Å². The second-order valence-electron chi connectivity index (χ2n) is 5.74. The van der Waals surface area contributed by atoms with E-state index in [0.717, 1.165) is 25.0 Å². The molecular formula is C16H22Cl2N2O2. The number of halogens is 2. The molecule has 0 aliphatic carbocycles. The van der Waals surface area contributed by atoms with Crippen molar-refractivity contribution in [3.05, 3.63) is 33.8 Å². The van der Waals surface area contributed by atoms with Gasteiger partial charge in [-0.05, 0) is 44.4 Å². The fourth-order valence-corrected chi connectivity index (χ4v) is 3.18. The van der Waals surface area contributed by atoms with Crippen LogP contribution in [0.2, 0.25) is 10.0 Å². The SMILES string of the molecule is C[C@H](NC(=O)N(C)[C@@H](C)c1ccc(Cl)cc1Cl)[C@@H]1CCCO1. The van der Waals surface area contributed by atoms with Gasteiger partial charge in [0.05, 0.1) is 18.2 Å². The topological polar surface area (TPSA) is 41.6 Å². The summed E-state index contributed by atoms with van der Waals surface area (Å²) in [5, 5.41) is 4.14. The fourth-order valence-electron chi connectivity index (χ4n) is 2.61. The van der Waals surface area contributed by atoms with Gasteiger partial charge in [-0.1, -0.05) is 29.3 Å². The summed E-state index contributed by atoms with van der Waals surface area (Å²) in [6.07, 6.45) is 2.15. The van der Waals surface area contributed by atoms with Gasteiger partial charge in [-0.3, -0.25) is 0 Å². The van der Waals surface area contributed by atoms with Crippen LogP contribution in [0.3, 0.4) is 0 Å². The minimum Gasteiger partial charge on any atom is -0.376 e. The van der Waals surface area contributed by atoms with Gasteiger partial charge in [0, 0.05) is 23.7 Å². The lowest BCUT2D eigenvalue weighted by atomic mass is 10.1. The van der Waals surface area contributed by atoms with E-state index in [2.05, 4.69) is 5.32 Å². The van der Waals surface area contributed by atoms with E-state index in [9.17, 15) is 4.79 Å². The number of nitrogens with one attached hydrogen (secondary N) is 1. The standard InChI is InChI=1S/C16H22Cl2N2O2/c1-10(15-5-4-8-22-15)19-16(21)20(3)11(2)13-7-6-12(17)9-14(13)18/h6-7,9-11,15H,4-5,8H2,1-3H3,(H,19,21)/t10-,11-,15-/m0/s1. The number of benzene rings is 1. The maximum Gasteiger partial charge on any atom is 0.317 e. The van der Waals surface area contributed by atoms with Crippen LogP contribution in [-0.4, -0.2) is 36.7 Å². The van der Waals surface area contributed by atoms with Crippen molar-refractivity contribution in [3.63, 3.8) is 0 Å². The maximum absolute atomic E-state index is 12.4. The predicted octanol–water partition coefficient (Wildman–Crippen LogP) is 4.26. The van der Waals surface area contributed by atoms with Gasteiger partial charge < -0.3 is 15.0 Å². The number of rotatable bonds is 4. The van der Waals surface area contributed by atoms with Crippen molar-refractivity contribution in [2.45, 2.75) is 44.9 Å². The molecule has 2 amide bonds. The van der Waals surface area contributed by atoms with E-state index in [1.165, 1.54) is 0 Å². The zero-order valence-electron chi connectivity index (χ0n) is 13.1. The third-order valence-electron chi connectivity index (χ3n) is 4.19. The molecule has 0 radical (unpaired) electrons. The Hall–Kier alpha value is -0.970. The highest BCUT2D eigenvalue weighted by molar-refractivity contribution is 6.35. The Bertz CT molecular complexity index is 533. The molecule has 2 rings (SSSR count). The minimum atomic E-state index is -0.151. The average Bonchev–Trinajstić information content (AvgIpc) is 3.00. The first-order valence-corrected chi connectivity index (χ1v) is 8.25. The van der Waals surface area contributed by atoms with Crippen LogP contribution in [0.25, 0.3) is 0 Å². The molecule has 3 atom stereocenters. The van der Waals surface area contributed by atoms with Crippen molar-refractivity contribution in [1.82, 2.24) is 10.2 Å². The molecule has 1 aliphatic heterocycles. The van der Waals surface area contributed by atoms with Crippen LogP contribution in [0.15, 0.2) is 18.2 Å². The van der Waals surface area contributed by atoms with Crippen LogP contribution in [0.5, 0.6) is 0 Å². The molecule has 22 heavy (non-hydrogen) atoms. The summed E-state index contributed by atoms with van der Waals surface area (Å²) in [4.78, 5) is 14.0. The average molecular weight is 345 g/mol. The lowest BCUT2D eigenvalue weighted by Crippen LogP contribution is -2.47. The van der Waals surface area contributed by atoms with Crippen LogP contribution < -0.4 is 5.32 Å². The number of urea groups is 1. The summed E-state index contributed by atoms with van der Waals surface area (Å²) >= 11 is 12.1. The third kappa shape index (κ3) is 4.06. The number of hydrogen-bond acceptors (Lipinski definition) is 2. The zero-order chi connectivity index (χ0) is 16.3.